The lowest BCUT2D eigenvalue weighted by Crippen LogP contribution is -2.27. The van der Waals surface area contributed by atoms with Crippen molar-refractivity contribution >= 4 is 5.91 Å². The third kappa shape index (κ3) is 4.57. The van der Waals surface area contributed by atoms with Crippen LogP contribution < -0.4 is 5.32 Å². The zero-order chi connectivity index (χ0) is 18.5. The van der Waals surface area contributed by atoms with Crippen LogP contribution >= 0.6 is 0 Å². The van der Waals surface area contributed by atoms with Crippen LogP contribution in [0.2, 0.25) is 0 Å². The van der Waals surface area contributed by atoms with Gasteiger partial charge in [-0.3, -0.25) is 4.79 Å². The first-order valence-electron chi connectivity index (χ1n) is 8.65. The highest BCUT2D eigenvalue weighted by Crippen LogP contribution is 2.13. The minimum atomic E-state index is -0.321. The third-order valence-corrected chi connectivity index (χ3v) is 4.18. The molecule has 0 bridgehead atoms. The lowest BCUT2D eigenvalue weighted by atomic mass is 10.1. The third-order valence-electron chi connectivity index (χ3n) is 4.18. The first kappa shape index (κ1) is 17.9. The van der Waals surface area contributed by atoms with Crippen molar-refractivity contribution in [2.75, 3.05) is 6.54 Å². The number of benzene rings is 2. The largest absolute Gasteiger partial charge is 0.355 e. The summed E-state index contributed by atoms with van der Waals surface area (Å²) in [6, 6.07) is 16.3. The molecule has 0 saturated heterocycles. The summed E-state index contributed by atoms with van der Waals surface area (Å²) in [6.45, 7) is 4.56. The highest BCUT2D eigenvalue weighted by molar-refractivity contribution is 5.78. The van der Waals surface area contributed by atoms with Gasteiger partial charge in [0.05, 0.1) is 17.8 Å². The number of carbonyl (C=O) groups excluding carboxylic acids is 1. The van der Waals surface area contributed by atoms with Crippen LogP contribution in [0.1, 0.15) is 22.5 Å². The average Bonchev–Trinajstić information content (AvgIpc) is 2.94. The molecule has 5 heteroatoms. The number of aryl methyl sites for hydroxylation is 2. The summed E-state index contributed by atoms with van der Waals surface area (Å²) in [5.74, 6) is -0.423. The maximum absolute atomic E-state index is 13.1. The number of aromatic nitrogens is 2. The molecule has 2 aromatic carbocycles. The van der Waals surface area contributed by atoms with Crippen LogP contribution in [0.25, 0.3) is 5.69 Å². The van der Waals surface area contributed by atoms with Crippen molar-refractivity contribution in [3.63, 3.8) is 0 Å². The maximum atomic E-state index is 13.1. The second-order valence-electron chi connectivity index (χ2n) is 6.41. The van der Waals surface area contributed by atoms with Gasteiger partial charge in [0.25, 0.3) is 0 Å². The van der Waals surface area contributed by atoms with E-state index in [1.165, 1.54) is 12.1 Å². The van der Waals surface area contributed by atoms with Crippen LogP contribution in [0.3, 0.4) is 0 Å². The molecule has 0 saturated carbocycles. The van der Waals surface area contributed by atoms with Crippen molar-refractivity contribution in [3.8, 4) is 5.69 Å². The minimum Gasteiger partial charge on any atom is -0.355 e. The zero-order valence-corrected chi connectivity index (χ0v) is 15.0. The molecule has 134 valence electrons. The Labute approximate surface area is 152 Å². The summed E-state index contributed by atoms with van der Waals surface area (Å²) in [5, 5.41) is 7.35. The molecule has 1 amide bonds. The van der Waals surface area contributed by atoms with E-state index < -0.39 is 0 Å². The second kappa shape index (κ2) is 7.95. The molecule has 3 aromatic rings. The van der Waals surface area contributed by atoms with Gasteiger partial charge < -0.3 is 5.32 Å². The van der Waals surface area contributed by atoms with E-state index in [2.05, 4.69) is 10.4 Å². The minimum absolute atomic E-state index is 0.102. The number of nitrogens with one attached hydrogen (secondary N) is 1. The molecule has 0 aliphatic rings. The van der Waals surface area contributed by atoms with E-state index in [4.69, 9.17) is 0 Å². The van der Waals surface area contributed by atoms with Crippen LogP contribution in [-0.2, 0) is 17.6 Å². The monoisotopic (exact) mass is 351 g/mol. The molecule has 0 atom stereocenters. The van der Waals surface area contributed by atoms with E-state index in [0.29, 0.717) is 12.1 Å². The number of halogens is 1. The van der Waals surface area contributed by atoms with Crippen LogP contribution in [0, 0.1) is 19.7 Å². The molecule has 0 aliphatic heterocycles. The van der Waals surface area contributed by atoms with Crippen LogP contribution in [0.4, 0.5) is 4.39 Å². The number of amides is 1. The van der Waals surface area contributed by atoms with Gasteiger partial charge in [-0.25, -0.2) is 9.07 Å². The molecule has 1 N–H and O–H groups in total. The Hall–Kier alpha value is -2.95. The fraction of sp³-hybridized carbons (Fsp3) is 0.238. The average molecular weight is 351 g/mol. The molecule has 0 spiro atoms. The standard InChI is InChI=1S/C21H22FN3O/c1-15-12-16(2)25(24-15)20-8-6-17(7-9-20)10-11-23-21(26)14-18-4-3-5-19(22)13-18/h3-9,12-13H,10-11,14H2,1-2H3,(H,23,26). The first-order chi connectivity index (χ1) is 12.5. The van der Waals surface area contributed by atoms with Crippen LogP contribution in [0.5, 0.6) is 0 Å². The molecular weight excluding hydrogens is 329 g/mol. The summed E-state index contributed by atoms with van der Waals surface area (Å²) in [4.78, 5) is 11.9. The van der Waals surface area contributed by atoms with Gasteiger partial charge >= 0.3 is 0 Å². The van der Waals surface area contributed by atoms with Crippen LogP contribution in [0.15, 0.2) is 54.6 Å². The molecule has 0 aliphatic carbocycles. The highest BCUT2D eigenvalue weighted by atomic mass is 19.1. The Balaban J connectivity index is 1.50. The molecule has 0 unspecified atom stereocenters. The smallest absolute Gasteiger partial charge is 0.224 e. The Morgan fingerprint density at radius 2 is 1.85 bits per heavy atom. The van der Waals surface area contributed by atoms with Crippen molar-refractivity contribution in [2.45, 2.75) is 26.7 Å². The molecule has 4 nitrogen and oxygen atoms in total. The summed E-state index contributed by atoms with van der Waals surface area (Å²) in [7, 11) is 0. The Morgan fingerprint density at radius 1 is 1.08 bits per heavy atom. The van der Waals surface area contributed by atoms with Gasteiger partial charge in [-0.05, 0) is 61.7 Å². The van der Waals surface area contributed by atoms with Crippen molar-refractivity contribution in [1.82, 2.24) is 15.1 Å². The van der Waals surface area contributed by atoms with E-state index in [1.54, 1.807) is 12.1 Å². The maximum Gasteiger partial charge on any atom is 0.224 e. The fourth-order valence-corrected chi connectivity index (χ4v) is 2.94. The van der Waals surface area contributed by atoms with Gasteiger partial charge in [0.1, 0.15) is 5.82 Å². The van der Waals surface area contributed by atoms with Crippen molar-refractivity contribution in [3.05, 3.63) is 82.9 Å². The predicted octanol–water partition coefficient (Wildman–Crippen LogP) is 3.53. The SMILES string of the molecule is Cc1cc(C)n(-c2ccc(CCNC(=O)Cc3cccc(F)c3)cc2)n1. The van der Waals surface area contributed by atoms with Crippen molar-refractivity contribution < 1.29 is 9.18 Å². The van der Waals surface area contributed by atoms with Gasteiger partial charge in [-0.15, -0.1) is 0 Å². The molecular formula is C21H22FN3O. The Bertz CT molecular complexity index is 900. The van der Waals surface area contributed by atoms with E-state index >= 15 is 0 Å². The fourth-order valence-electron chi connectivity index (χ4n) is 2.94. The molecule has 0 radical (unpaired) electrons. The summed E-state index contributed by atoms with van der Waals surface area (Å²) < 4.78 is 15.1. The number of hydrogen-bond acceptors (Lipinski definition) is 2. The van der Waals surface area contributed by atoms with Gasteiger partial charge in [0.2, 0.25) is 5.91 Å². The van der Waals surface area contributed by atoms with Gasteiger partial charge in [-0.2, -0.15) is 5.10 Å². The molecule has 3 rings (SSSR count). The number of rotatable bonds is 6. The van der Waals surface area contributed by atoms with E-state index in [-0.39, 0.29) is 18.1 Å². The first-order valence-corrected chi connectivity index (χ1v) is 8.65. The van der Waals surface area contributed by atoms with E-state index in [0.717, 1.165) is 29.1 Å². The van der Waals surface area contributed by atoms with E-state index in [1.807, 2.05) is 48.9 Å². The zero-order valence-electron chi connectivity index (χ0n) is 15.0. The predicted molar refractivity (Wildman–Crippen MR) is 99.9 cm³/mol. The molecule has 1 aromatic heterocycles. The molecule has 26 heavy (non-hydrogen) atoms. The normalized spacial score (nSPS) is 10.7. The number of nitrogens with zero attached hydrogens (tertiary/aromatic N) is 2. The van der Waals surface area contributed by atoms with Crippen LogP contribution in [-0.4, -0.2) is 22.2 Å². The second-order valence-corrected chi connectivity index (χ2v) is 6.41. The lowest BCUT2D eigenvalue weighted by molar-refractivity contribution is -0.120. The topological polar surface area (TPSA) is 46.9 Å². The quantitative estimate of drug-likeness (QED) is 0.738. The van der Waals surface area contributed by atoms with Gasteiger partial charge in [0.15, 0.2) is 0 Å². The van der Waals surface area contributed by atoms with Gasteiger partial charge in [0, 0.05) is 12.2 Å². The molecule has 0 fully saturated rings. The Kier molecular flexibility index (Phi) is 5.46. The Morgan fingerprint density at radius 3 is 2.50 bits per heavy atom. The lowest BCUT2D eigenvalue weighted by Gasteiger charge is -2.08. The summed E-state index contributed by atoms with van der Waals surface area (Å²) in [5.41, 5.74) is 4.93. The number of carbonyl (C=O) groups is 1. The number of hydrogen-bond donors (Lipinski definition) is 1. The highest BCUT2D eigenvalue weighted by Gasteiger charge is 2.05. The summed E-state index contributed by atoms with van der Waals surface area (Å²) in [6.07, 6.45) is 0.931. The molecule has 1 heterocycles. The van der Waals surface area contributed by atoms with Crippen molar-refractivity contribution in [1.29, 1.82) is 0 Å². The van der Waals surface area contributed by atoms with Gasteiger partial charge in [-0.1, -0.05) is 24.3 Å². The van der Waals surface area contributed by atoms with E-state index in [9.17, 15) is 9.18 Å². The summed E-state index contributed by atoms with van der Waals surface area (Å²) >= 11 is 0. The van der Waals surface area contributed by atoms with Crippen molar-refractivity contribution in [2.24, 2.45) is 0 Å².